The molecule has 0 saturated carbocycles. The molecule has 2 aliphatic heterocycles. The van der Waals surface area contributed by atoms with Crippen molar-refractivity contribution in [2.75, 3.05) is 0 Å². The van der Waals surface area contributed by atoms with Gasteiger partial charge in [-0.25, -0.2) is 0 Å². The molecule has 6 nitrogen and oxygen atoms in total. The van der Waals surface area contributed by atoms with Crippen LogP contribution in [0.1, 0.15) is 38.9 Å². The van der Waals surface area contributed by atoms with Crippen molar-refractivity contribution in [2.24, 2.45) is 0 Å². The summed E-state index contributed by atoms with van der Waals surface area (Å²) in [6, 6.07) is 35.6. The van der Waals surface area contributed by atoms with E-state index in [1.807, 2.05) is 0 Å². The molecule has 15 rings (SSSR count). The Morgan fingerprint density at radius 1 is 0.383 bits per heavy atom. The zero-order valence-electron chi connectivity index (χ0n) is 34.4. The molecule has 0 unspecified atom stereocenters. The number of rotatable bonds is 0. The first-order chi connectivity index (χ1) is 29.2. The van der Waals surface area contributed by atoms with Gasteiger partial charge in [-0.05, 0) is 151 Å². The van der Waals surface area contributed by atoms with Gasteiger partial charge in [0.15, 0.2) is 0 Å². The largest absolute Gasteiger partial charge is 0.456 e. The fourth-order valence-electron chi connectivity index (χ4n) is 12.3. The fraction of sp³-hybridized carbons (Fsp3) is 0.132. The number of imidazole rings is 2. The van der Waals surface area contributed by atoms with Gasteiger partial charge in [-0.15, -0.1) is 0 Å². The number of nitrogens with zero attached hydrogens (tertiary/aromatic N) is 4. The summed E-state index contributed by atoms with van der Waals surface area (Å²) in [7, 11) is 0. The van der Waals surface area contributed by atoms with Crippen molar-refractivity contribution >= 4 is 122 Å². The zero-order chi connectivity index (χ0) is 39.9. The van der Waals surface area contributed by atoms with Crippen molar-refractivity contribution in [1.29, 1.82) is 0 Å². The van der Waals surface area contributed by atoms with Crippen LogP contribution < -0.4 is 16.4 Å². The molecule has 0 aliphatic carbocycles. The van der Waals surface area contributed by atoms with Crippen LogP contribution in [0.5, 0.6) is 0 Å². The van der Waals surface area contributed by atoms with E-state index in [0.29, 0.717) is 0 Å². The Morgan fingerprint density at radius 3 is 1.30 bits per heavy atom. The lowest BCUT2D eigenvalue weighted by molar-refractivity contribution is 0.669. The molecule has 6 aromatic heterocycles. The third kappa shape index (κ3) is 3.20. The Bertz CT molecular complexity index is 4000. The van der Waals surface area contributed by atoms with E-state index in [1.165, 1.54) is 133 Å². The molecule has 60 heavy (non-hydrogen) atoms. The average Bonchev–Trinajstić information content (AvgIpc) is 4.09. The highest BCUT2D eigenvalue weighted by molar-refractivity contribution is 7.02. The van der Waals surface area contributed by atoms with Gasteiger partial charge in [0, 0.05) is 22.1 Å². The maximum atomic E-state index is 6.63. The summed E-state index contributed by atoms with van der Waals surface area (Å²) < 4.78 is 23.8. The fourth-order valence-corrected chi connectivity index (χ4v) is 12.3. The van der Waals surface area contributed by atoms with E-state index in [1.54, 1.807) is 0 Å². The van der Waals surface area contributed by atoms with Gasteiger partial charge in [0.05, 0.1) is 43.9 Å². The smallest absolute Gasteiger partial charge is 0.258 e. The monoisotopic (exact) mass is 772 g/mol. The first-order valence-electron chi connectivity index (χ1n) is 21.2. The minimum absolute atomic E-state index is 0.0287. The van der Waals surface area contributed by atoms with Crippen LogP contribution in [-0.4, -0.2) is 24.6 Å². The first-order valence-corrected chi connectivity index (χ1v) is 21.2. The topological polar surface area (TPSA) is 45.0 Å². The lowest BCUT2D eigenvalue weighted by Crippen LogP contribution is -2.59. The Balaban J connectivity index is 1.27. The van der Waals surface area contributed by atoms with Crippen molar-refractivity contribution in [1.82, 2.24) is 17.9 Å². The molecule has 284 valence electrons. The molecule has 0 spiro atoms. The molecule has 0 amide bonds. The van der Waals surface area contributed by atoms with Crippen molar-refractivity contribution < 1.29 is 8.83 Å². The highest BCUT2D eigenvalue weighted by Gasteiger charge is 2.47. The molecule has 13 aromatic rings. The molecule has 7 aromatic carbocycles. The molecule has 2 aliphatic rings. The number of aryl methyl sites for hydroxylation is 4. The minimum Gasteiger partial charge on any atom is -0.456 e. The molecule has 7 heteroatoms. The number of benzene rings is 7. The van der Waals surface area contributed by atoms with Crippen LogP contribution in [-0.2, 0) is 0 Å². The zero-order valence-corrected chi connectivity index (χ0v) is 34.4. The molecule has 0 N–H and O–H groups in total. The Kier molecular flexibility index (Phi) is 5.31. The number of hydrogen-bond donors (Lipinski definition) is 0. The standard InChI is InChI=1S/C53H37BN4O2/c1-24-16-18-33-43-52-55(35-20-22-39-41(31-12-8-10-14-37(31)59-39)50(35)57(52)46(33)26(24)3)48-29(6)28(5)30(7)49-45(48)54(43)44-34-19-17-25(2)27(4)47(34)58-51-36(56(49)53(44)58)21-23-40-42(51)32-13-9-11-15-38(32)60-40/h8-23H,1-7H3. The van der Waals surface area contributed by atoms with Crippen molar-refractivity contribution in [3.63, 3.8) is 0 Å². The van der Waals surface area contributed by atoms with Crippen molar-refractivity contribution in [2.45, 2.75) is 48.5 Å². The average molecular weight is 773 g/mol. The van der Waals surface area contributed by atoms with Gasteiger partial charge in [-0.3, -0.25) is 17.9 Å². The van der Waals surface area contributed by atoms with E-state index in [9.17, 15) is 0 Å². The Labute approximate surface area is 343 Å². The lowest BCUT2D eigenvalue weighted by atomic mass is 9.34. The number of fused-ring (bicyclic) bond motifs is 24. The lowest BCUT2D eigenvalue weighted by Gasteiger charge is -2.34. The summed E-state index contributed by atoms with van der Waals surface area (Å²) in [5.74, 6) is 0. The van der Waals surface area contributed by atoms with Gasteiger partial charge in [0.1, 0.15) is 33.6 Å². The molecule has 0 radical (unpaired) electrons. The van der Waals surface area contributed by atoms with E-state index < -0.39 is 0 Å². The van der Waals surface area contributed by atoms with Gasteiger partial charge >= 0.3 is 0 Å². The second-order valence-corrected chi connectivity index (χ2v) is 17.9. The van der Waals surface area contributed by atoms with Crippen LogP contribution in [0.2, 0.25) is 0 Å². The van der Waals surface area contributed by atoms with Crippen LogP contribution >= 0.6 is 0 Å². The maximum Gasteiger partial charge on any atom is 0.258 e. The molecule has 0 atom stereocenters. The minimum atomic E-state index is -0.0287. The molecule has 0 bridgehead atoms. The van der Waals surface area contributed by atoms with Crippen molar-refractivity contribution in [3.8, 4) is 11.4 Å². The second kappa shape index (κ2) is 10.0. The first kappa shape index (κ1) is 31.8. The summed E-state index contributed by atoms with van der Waals surface area (Å²) in [6.45, 7) is 16.2. The molecule has 0 saturated heterocycles. The van der Waals surface area contributed by atoms with Gasteiger partial charge in [0.2, 0.25) is 0 Å². The second-order valence-electron chi connectivity index (χ2n) is 17.9. The summed E-state index contributed by atoms with van der Waals surface area (Å²) in [5, 5.41) is 7.27. The quantitative estimate of drug-likeness (QED) is 0.144. The molecule has 8 heterocycles. The normalized spacial score (nSPS) is 13.6. The number of furan rings is 2. The maximum absolute atomic E-state index is 6.63. The summed E-state index contributed by atoms with van der Waals surface area (Å²) in [5.41, 5.74) is 29.5. The van der Waals surface area contributed by atoms with Crippen LogP contribution in [0.25, 0.3) is 110 Å². The predicted octanol–water partition coefficient (Wildman–Crippen LogP) is 11.5. The summed E-state index contributed by atoms with van der Waals surface area (Å²) in [6.07, 6.45) is 0. The number of hydrogen-bond acceptors (Lipinski definition) is 2. The summed E-state index contributed by atoms with van der Waals surface area (Å²) in [4.78, 5) is 0. The van der Waals surface area contributed by atoms with Gasteiger partial charge in [0.25, 0.3) is 6.71 Å². The van der Waals surface area contributed by atoms with Crippen LogP contribution in [0.3, 0.4) is 0 Å². The third-order valence-electron chi connectivity index (χ3n) is 15.3. The van der Waals surface area contributed by atoms with Gasteiger partial charge in [-0.1, -0.05) is 60.7 Å². The van der Waals surface area contributed by atoms with Crippen LogP contribution in [0.15, 0.2) is 106 Å². The van der Waals surface area contributed by atoms with Crippen LogP contribution in [0, 0.1) is 48.5 Å². The van der Waals surface area contributed by atoms with E-state index in [-0.39, 0.29) is 6.71 Å². The molecular formula is C53H37BN4O2. The third-order valence-corrected chi connectivity index (χ3v) is 15.3. The summed E-state index contributed by atoms with van der Waals surface area (Å²) >= 11 is 0. The van der Waals surface area contributed by atoms with E-state index in [2.05, 4.69) is 163 Å². The number of para-hydroxylation sites is 2. The van der Waals surface area contributed by atoms with Gasteiger partial charge in [-0.2, -0.15) is 0 Å². The van der Waals surface area contributed by atoms with Crippen molar-refractivity contribution in [3.05, 3.63) is 136 Å². The SMILES string of the molecule is Cc1ccc2c3c4n(c5ccc6oc7ccccc7c6c5n4c2c1C)-c1c(C)c(C)c(C)c2c1B3c1c3ccc(C)c(C)c3n3c4c5c(ccc4n-2c13)oc1ccccc15. The Morgan fingerprint density at radius 2 is 0.833 bits per heavy atom. The highest BCUT2D eigenvalue weighted by atomic mass is 16.3. The Hall–Kier alpha value is -7.12. The van der Waals surface area contributed by atoms with E-state index in [4.69, 9.17) is 8.83 Å². The molecule has 0 fully saturated rings. The number of aromatic nitrogens is 4. The molecular weight excluding hydrogens is 735 g/mol. The van der Waals surface area contributed by atoms with E-state index in [0.717, 1.165) is 33.1 Å². The van der Waals surface area contributed by atoms with E-state index >= 15 is 0 Å². The highest BCUT2D eigenvalue weighted by Crippen LogP contribution is 2.47. The van der Waals surface area contributed by atoms with Crippen LogP contribution in [0.4, 0.5) is 0 Å². The predicted molar refractivity (Wildman–Crippen MR) is 249 cm³/mol. The van der Waals surface area contributed by atoms with Gasteiger partial charge < -0.3 is 8.83 Å².